The summed E-state index contributed by atoms with van der Waals surface area (Å²) in [5.41, 5.74) is -0.670. The molecule has 0 saturated carbocycles. The summed E-state index contributed by atoms with van der Waals surface area (Å²) in [4.78, 5) is 32.0. The van der Waals surface area contributed by atoms with Gasteiger partial charge < -0.3 is 23.5 Å². The highest BCUT2D eigenvalue weighted by Crippen LogP contribution is 2.43. The molecule has 274 valence electrons. The first-order valence-electron chi connectivity index (χ1n) is 16.5. The number of imidazole rings is 1. The fourth-order valence-electron chi connectivity index (χ4n) is 6.07. The van der Waals surface area contributed by atoms with Crippen LogP contribution in [-0.4, -0.2) is 79.6 Å². The molecule has 0 radical (unpaired) electrons. The Hall–Kier alpha value is -3.55. The Morgan fingerprint density at radius 1 is 0.760 bits per heavy atom. The second-order valence-corrected chi connectivity index (χ2v) is 16.1. The van der Waals surface area contributed by atoms with Crippen molar-refractivity contribution in [3.8, 4) is 5.69 Å². The fraction of sp³-hybridized carbons (Fsp3) is 0.541. The van der Waals surface area contributed by atoms with E-state index in [-0.39, 0.29) is 0 Å². The van der Waals surface area contributed by atoms with Crippen molar-refractivity contribution in [3.05, 3.63) is 82.9 Å². The number of carbonyl (C=O) groups excluding carboxylic acids is 2. The number of halogens is 3. The molecule has 1 aromatic heterocycles. The lowest BCUT2D eigenvalue weighted by atomic mass is 10.0. The number of alkyl halides is 2. The number of hydrogen-bond donors (Lipinski definition) is 0. The molecule has 3 aromatic rings. The number of nitrogens with zero attached hydrogens (tertiary/aromatic N) is 4. The minimum absolute atomic E-state index is 0.532. The van der Waals surface area contributed by atoms with Crippen molar-refractivity contribution in [3.63, 3.8) is 0 Å². The zero-order valence-corrected chi connectivity index (χ0v) is 32.0. The van der Waals surface area contributed by atoms with E-state index >= 15 is 0 Å². The van der Waals surface area contributed by atoms with Crippen LogP contribution in [0.4, 0.5) is 18.4 Å². The summed E-state index contributed by atoms with van der Waals surface area (Å²) in [6.07, 6.45) is 3.01. The van der Waals surface area contributed by atoms with Crippen molar-refractivity contribution in [1.82, 2.24) is 19.4 Å². The Labute approximate surface area is 302 Å². The van der Waals surface area contributed by atoms with Crippen LogP contribution in [0.5, 0.6) is 0 Å². The number of carbonyl (C=O) groups is 2. The van der Waals surface area contributed by atoms with Gasteiger partial charge >= 0.3 is 12.2 Å². The van der Waals surface area contributed by atoms with Crippen LogP contribution in [0.3, 0.4) is 0 Å². The largest absolute Gasteiger partial charge is 0.444 e. The summed E-state index contributed by atoms with van der Waals surface area (Å²) < 4.78 is 53.5. The molecule has 2 saturated heterocycles. The lowest BCUT2D eigenvalue weighted by Crippen LogP contribution is -2.50. The van der Waals surface area contributed by atoms with Crippen LogP contribution in [0.15, 0.2) is 71.7 Å². The van der Waals surface area contributed by atoms with E-state index < -0.39 is 72.5 Å². The average Bonchev–Trinajstić information content (AvgIpc) is 3.70. The second-order valence-electron chi connectivity index (χ2n) is 15.2. The molecule has 2 aliphatic heterocycles. The molecule has 5 rings (SSSR count). The van der Waals surface area contributed by atoms with E-state index in [0.29, 0.717) is 0 Å². The van der Waals surface area contributed by atoms with Gasteiger partial charge in [0.1, 0.15) is 48.2 Å². The van der Waals surface area contributed by atoms with Gasteiger partial charge in [0.2, 0.25) is 0 Å². The van der Waals surface area contributed by atoms with Crippen molar-refractivity contribution in [2.24, 2.45) is 0 Å². The molecule has 10 nitrogen and oxygen atoms in total. The van der Waals surface area contributed by atoms with Gasteiger partial charge in [-0.25, -0.2) is 23.4 Å². The van der Waals surface area contributed by atoms with Crippen LogP contribution in [0.2, 0.25) is 0 Å². The van der Waals surface area contributed by atoms with Crippen molar-refractivity contribution >= 4 is 28.1 Å². The molecule has 50 heavy (non-hydrogen) atoms. The van der Waals surface area contributed by atoms with Gasteiger partial charge in [0.25, 0.3) is 0 Å². The molecule has 0 unspecified atom stereocenters. The highest BCUT2D eigenvalue weighted by atomic mass is 79.9. The minimum Gasteiger partial charge on any atom is -0.444 e. The van der Waals surface area contributed by atoms with E-state index in [0.717, 1.165) is 21.3 Å². The maximum Gasteiger partial charge on any atom is 0.413 e. The molecule has 2 aromatic carbocycles. The van der Waals surface area contributed by atoms with Crippen molar-refractivity contribution in [1.29, 1.82) is 0 Å². The molecule has 0 aliphatic carbocycles. The molecule has 0 N–H and O–H groups in total. The lowest BCUT2D eigenvalue weighted by Gasteiger charge is -2.34. The van der Waals surface area contributed by atoms with Gasteiger partial charge in [-0.2, -0.15) is 0 Å². The highest BCUT2D eigenvalue weighted by molar-refractivity contribution is 9.10. The molecule has 13 heteroatoms. The van der Waals surface area contributed by atoms with Crippen molar-refractivity contribution in [2.75, 3.05) is 13.3 Å². The SMILES string of the molecule is CC(C)(C)OC(=O)N1[C@H](CF)[C@@H](c2ccc(-n3ccnc3)cc2)OC1(C)C.CC(C)(C)OC(=O)N1[C@H](CF)[C@@H](c2ccc(Br)cc2)OC1(C)C. The molecule has 2 amide bonds. The average molecular weight is 764 g/mol. The van der Waals surface area contributed by atoms with Crippen molar-refractivity contribution in [2.45, 2.75) is 116 Å². The maximum atomic E-state index is 14.0. The first kappa shape index (κ1) is 39.2. The van der Waals surface area contributed by atoms with Crippen LogP contribution in [0.1, 0.15) is 92.6 Å². The Morgan fingerprint density at radius 2 is 1.16 bits per heavy atom. The monoisotopic (exact) mass is 762 g/mol. The van der Waals surface area contributed by atoms with Gasteiger partial charge in [-0.05, 0) is 105 Å². The van der Waals surface area contributed by atoms with Gasteiger partial charge in [-0.3, -0.25) is 9.80 Å². The number of ether oxygens (including phenoxy) is 4. The Morgan fingerprint density at radius 3 is 1.50 bits per heavy atom. The van der Waals surface area contributed by atoms with Crippen LogP contribution < -0.4 is 0 Å². The predicted molar refractivity (Wildman–Crippen MR) is 189 cm³/mol. The molecule has 2 aliphatic rings. The van der Waals surface area contributed by atoms with Crippen molar-refractivity contribution < 1.29 is 37.3 Å². The standard InChI is InChI=1S/C20H26FN3O3.C17H23BrFNO3/c1-19(2,3)27-18(25)24-16(12-21)17(26-20(24,4)5)14-6-8-15(9-7-14)23-11-10-22-13-23;1-16(2,3)23-15(21)20-13(10-19)14(22-17(20,4)5)11-6-8-12(18)9-7-11/h6-11,13,16-17H,12H2,1-5H3;6-9,13-14H,10H2,1-5H3/t16-,17-;13-,14-/m11/s1. The Bertz CT molecular complexity index is 1590. The number of aromatic nitrogens is 2. The zero-order valence-electron chi connectivity index (χ0n) is 30.4. The molecule has 0 bridgehead atoms. The van der Waals surface area contributed by atoms with Gasteiger partial charge in [-0.15, -0.1) is 0 Å². The predicted octanol–water partition coefficient (Wildman–Crippen LogP) is 9.09. The smallest absolute Gasteiger partial charge is 0.413 e. The van der Waals surface area contributed by atoms with E-state index in [4.69, 9.17) is 18.9 Å². The highest BCUT2D eigenvalue weighted by Gasteiger charge is 2.53. The first-order valence-corrected chi connectivity index (χ1v) is 17.3. The Balaban J connectivity index is 0.000000228. The molecule has 0 spiro atoms. The fourth-order valence-corrected chi connectivity index (χ4v) is 6.34. The topological polar surface area (TPSA) is 95.4 Å². The van der Waals surface area contributed by atoms with E-state index in [2.05, 4.69) is 20.9 Å². The summed E-state index contributed by atoms with van der Waals surface area (Å²) >= 11 is 3.38. The number of amides is 2. The van der Waals surface area contributed by atoms with Gasteiger partial charge in [0.05, 0.1) is 18.4 Å². The maximum absolute atomic E-state index is 14.0. The number of benzene rings is 2. The molecular weight excluding hydrogens is 714 g/mol. The third-order valence-electron chi connectivity index (χ3n) is 8.07. The summed E-state index contributed by atoms with van der Waals surface area (Å²) in [5, 5.41) is 0. The van der Waals surface area contributed by atoms with Crippen LogP contribution in [0.25, 0.3) is 5.69 Å². The normalized spacial score (nSPS) is 22.9. The lowest BCUT2D eigenvalue weighted by molar-refractivity contribution is -0.0807. The molecule has 2 fully saturated rings. The molecule has 4 atom stereocenters. The first-order chi connectivity index (χ1) is 23.2. The quantitative estimate of drug-likeness (QED) is 0.256. The summed E-state index contributed by atoms with van der Waals surface area (Å²) in [6, 6.07) is 13.6. The summed E-state index contributed by atoms with van der Waals surface area (Å²) in [6.45, 7) is 16.3. The van der Waals surface area contributed by atoms with Gasteiger partial charge in [-0.1, -0.05) is 40.2 Å². The van der Waals surface area contributed by atoms with Gasteiger partial charge in [0, 0.05) is 22.6 Å². The van der Waals surface area contributed by atoms with Crippen LogP contribution in [-0.2, 0) is 18.9 Å². The van der Waals surface area contributed by atoms with E-state index in [1.165, 1.54) is 9.80 Å². The van der Waals surface area contributed by atoms with E-state index in [1.807, 2.05) is 59.3 Å². The number of hydrogen-bond acceptors (Lipinski definition) is 7. The van der Waals surface area contributed by atoms with Crippen LogP contribution in [0, 0.1) is 0 Å². The second kappa shape index (κ2) is 15.0. The summed E-state index contributed by atoms with van der Waals surface area (Å²) in [5.74, 6) is 0. The molecule has 3 heterocycles. The van der Waals surface area contributed by atoms with Crippen LogP contribution >= 0.6 is 15.9 Å². The minimum atomic E-state index is -0.979. The third-order valence-corrected chi connectivity index (χ3v) is 8.60. The zero-order chi connectivity index (χ0) is 37.2. The molecular formula is C37H49BrF2N4O6. The Kier molecular flexibility index (Phi) is 11.7. The van der Waals surface area contributed by atoms with E-state index in [1.54, 1.807) is 81.8 Å². The third kappa shape index (κ3) is 9.21. The van der Waals surface area contributed by atoms with E-state index in [9.17, 15) is 18.4 Å². The van der Waals surface area contributed by atoms with Gasteiger partial charge in [0.15, 0.2) is 0 Å². The number of rotatable bonds is 5. The summed E-state index contributed by atoms with van der Waals surface area (Å²) in [7, 11) is 0.